The van der Waals surface area contributed by atoms with Gasteiger partial charge in [-0.25, -0.2) is 4.90 Å². The minimum absolute atomic E-state index is 0.0739. The smallest absolute Gasteiger partial charge is 0.238 e. The van der Waals surface area contributed by atoms with Crippen LogP contribution in [0.3, 0.4) is 0 Å². The summed E-state index contributed by atoms with van der Waals surface area (Å²) in [6.07, 6.45) is 5.13. The first-order chi connectivity index (χ1) is 9.58. The lowest BCUT2D eigenvalue weighted by Crippen LogP contribution is -2.32. The molecule has 102 valence electrons. The number of allylic oxidation sites excluding steroid dienone is 2. The fourth-order valence-electron chi connectivity index (χ4n) is 3.78. The summed E-state index contributed by atoms with van der Waals surface area (Å²) in [5.41, 5.74) is 0.571. The first-order valence-corrected chi connectivity index (χ1v) is 7.76. The third-order valence-corrected chi connectivity index (χ3v) is 5.86. The summed E-state index contributed by atoms with van der Waals surface area (Å²) in [6, 6.07) is 5.18. The number of imide groups is 1. The highest BCUT2D eigenvalue weighted by Crippen LogP contribution is 2.53. The van der Waals surface area contributed by atoms with Crippen LogP contribution in [0.1, 0.15) is 6.42 Å². The van der Waals surface area contributed by atoms with Crippen LogP contribution in [0.15, 0.2) is 34.8 Å². The molecular formula is C15H11BrClNO2. The summed E-state index contributed by atoms with van der Waals surface area (Å²) < 4.78 is 0.754. The highest BCUT2D eigenvalue weighted by molar-refractivity contribution is 9.10. The second-order valence-corrected chi connectivity index (χ2v) is 6.87. The van der Waals surface area contributed by atoms with Gasteiger partial charge in [0.05, 0.1) is 22.5 Å². The van der Waals surface area contributed by atoms with Crippen molar-refractivity contribution in [3.63, 3.8) is 0 Å². The second-order valence-electron chi connectivity index (χ2n) is 5.61. The van der Waals surface area contributed by atoms with Crippen molar-refractivity contribution in [1.29, 1.82) is 0 Å². The molecule has 3 aliphatic rings. The van der Waals surface area contributed by atoms with E-state index in [9.17, 15) is 9.59 Å². The van der Waals surface area contributed by atoms with Crippen LogP contribution in [0.25, 0.3) is 0 Å². The zero-order chi connectivity index (χ0) is 14.0. The molecule has 0 N–H and O–H groups in total. The Morgan fingerprint density at radius 2 is 1.70 bits per heavy atom. The maximum atomic E-state index is 12.6. The first-order valence-electron chi connectivity index (χ1n) is 6.59. The van der Waals surface area contributed by atoms with E-state index in [2.05, 4.69) is 28.1 Å². The van der Waals surface area contributed by atoms with Crippen molar-refractivity contribution >= 4 is 45.0 Å². The Labute approximate surface area is 129 Å². The lowest BCUT2D eigenvalue weighted by Gasteiger charge is -2.17. The molecule has 20 heavy (non-hydrogen) atoms. The number of hydrogen-bond acceptors (Lipinski definition) is 2. The molecule has 0 aromatic heterocycles. The number of halogens is 2. The third-order valence-electron chi connectivity index (χ3n) is 4.63. The van der Waals surface area contributed by atoms with Crippen LogP contribution in [-0.2, 0) is 9.59 Å². The minimum atomic E-state index is -0.167. The summed E-state index contributed by atoms with van der Waals surface area (Å²) >= 11 is 9.39. The van der Waals surface area contributed by atoms with Crippen LogP contribution in [0.5, 0.6) is 0 Å². The summed E-state index contributed by atoms with van der Waals surface area (Å²) in [4.78, 5) is 26.5. The van der Waals surface area contributed by atoms with E-state index in [1.165, 1.54) is 4.90 Å². The Morgan fingerprint density at radius 3 is 2.25 bits per heavy atom. The van der Waals surface area contributed by atoms with Crippen molar-refractivity contribution in [2.75, 3.05) is 4.90 Å². The number of hydrogen-bond donors (Lipinski definition) is 0. The van der Waals surface area contributed by atoms with Crippen LogP contribution >= 0.6 is 27.5 Å². The molecule has 2 fully saturated rings. The van der Waals surface area contributed by atoms with Crippen molar-refractivity contribution in [1.82, 2.24) is 0 Å². The van der Waals surface area contributed by atoms with Crippen molar-refractivity contribution in [3.05, 3.63) is 39.8 Å². The second kappa shape index (κ2) is 4.18. The van der Waals surface area contributed by atoms with Gasteiger partial charge in [-0.05, 0) is 52.4 Å². The predicted octanol–water partition coefficient (Wildman–Crippen LogP) is 3.41. The third kappa shape index (κ3) is 1.52. The molecule has 1 heterocycles. The number of carbonyl (C=O) groups is 2. The van der Waals surface area contributed by atoms with Crippen molar-refractivity contribution in [2.45, 2.75) is 6.42 Å². The molecule has 2 aliphatic carbocycles. The number of fused-ring (bicyclic) bond motifs is 5. The van der Waals surface area contributed by atoms with E-state index in [1.54, 1.807) is 18.2 Å². The molecule has 1 aromatic rings. The van der Waals surface area contributed by atoms with Gasteiger partial charge in [-0.15, -0.1) is 0 Å². The Morgan fingerprint density at radius 1 is 1.10 bits per heavy atom. The molecule has 1 saturated carbocycles. The molecule has 2 amide bonds. The van der Waals surface area contributed by atoms with E-state index >= 15 is 0 Å². The SMILES string of the molecule is O=C1[C@@H]2[C@@H](C(=O)N1c1ccc(Br)c(Cl)c1)[C@H]1C=C[C@@H]2C1. The molecule has 5 heteroatoms. The highest BCUT2D eigenvalue weighted by Gasteiger charge is 2.59. The van der Waals surface area contributed by atoms with Gasteiger partial charge in [-0.2, -0.15) is 0 Å². The molecule has 0 spiro atoms. The quantitative estimate of drug-likeness (QED) is 0.574. The van der Waals surface area contributed by atoms with Gasteiger partial charge in [0.15, 0.2) is 0 Å². The average Bonchev–Trinajstić information content (AvgIpc) is 3.08. The number of amides is 2. The van der Waals surface area contributed by atoms with Crippen LogP contribution in [0.4, 0.5) is 5.69 Å². The summed E-state index contributed by atoms with van der Waals surface area (Å²) in [6.45, 7) is 0. The molecule has 1 aromatic carbocycles. The maximum absolute atomic E-state index is 12.6. The van der Waals surface area contributed by atoms with Gasteiger partial charge in [0.1, 0.15) is 0 Å². The van der Waals surface area contributed by atoms with Gasteiger partial charge in [0.25, 0.3) is 0 Å². The van der Waals surface area contributed by atoms with Gasteiger partial charge in [-0.1, -0.05) is 23.8 Å². The summed E-state index contributed by atoms with van der Waals surface area (Å²) in [5.74, 6) is -0.0138. The Kier molecular flexibility index (Phi) is 2.63. The number of carbonyl (C=O) groups excluding carboxylic acids is 2. The monoisotopic (exact) mass is 351 g/mol. The molecule has 0 radical (unpaired) electrons. The Balaban J connectivity index is 1.76. The highest BCUT2D eigenvalue weighted by atomic mass is 79.9. The molecule has 3 nitrogen and oxygen atoms in total. The zero-order valence-corrected chi connectivity index (χ0v) is 12.8. The van der Waals surface area contributed by atoms with Crippen LogP contribution in [-0.4, -0.2) is 11.8 Å². The van der Waals surface area contributed by atoms with Gasteiger partial charge >= 0.3 is 0 Å². The van der Waals surface area contributed by atoms with Gasteiger partial charge in [-0.3, -0.25) is 9.59 Å². The average molecular weight is 353 g/mol. The van der Waals surface area contributed by atoms with Crippen molar-refractivity contribution < 1.29 is 9.59 Å². The van der Waals surface area contributed by atoms with Crippen LogP contribution in [0.2, 0.25) is 5.02 Å². The summed E-state index contributed by atoms with van der Waals surface area (Å²) in [5, 5.41) is 0.501. The number of nitrogens with zero attached hydrogens (tertiary/aromatic N) is 1. The maximum Gasteiger partial charge on any atom is 0.238 e. The van der Waals surface area contributed by atoms with Crippen LogP contribution < -0.4 is 4.90 Å². The van der Waals surface area contributed by atoms with E-state index in [-0.39, 0.29) is 35.5 Å². The Hall–Kier alpha value is -1.13. The standard InChI is InChI=1S/C15H11BrClNO2/c16-10-4-3-9(6-11(10)17)18-14(19)12-7-1-2-8(5-7)13(12)15(18)20/h1-4,6-8,12-13H,5H2/t7-,8+,12-,13-/m0/s1. The summed E-state index contributed by atoms with van der Waals surface area (Å²) in [7, 11) is 0. The lowest BCUT2D eigenvalue weighted by atomic mass is 9.85. The molecule has 1 saturated heterocycles. The fraction of sp³-hybridized carbons (Fsp3) is 0.333. The largest absolute Gasteiger partial charge is 0.274 e. The first kappa shape index (κ1) is 12.6. The van der Waals surface area contributed by atoms with E-state index in [0.29, 0.717) is 10.7 Å². The predicted molar refractivity (Wildman–Crippen MR) is 79.4 cm³/mol. The van der Waals surface area contributed by atoms with Gasteiger partial charge < -0.3 is 0 Å². The molecule has 4 rings (SSSR count). The molecular weight excluding hydrogens is 342 g/mol. The zero-order valence-electron chi connectivity index (χ0n) is 10.4. The van der Waals surface area contributed by atoms with Gasteiger partial charge in [0.2, 0.25) is 11.8 Å². The van der Waals surface area contributed by atoms with E-state index < -0.39 is 0 Å². The van der Waals surface area contributed by atoms with Crippen molar-refractivity contribution in [2.24, 2.45) is 23.7 Å². The number of rotatable bonds is 1. The minimum Gasteiger partial charge on any atom is -0.274 e. The van der Waals surface area contributed by atoms with Gasteiger partial charge in [0, 0.05) is 4.47 Å². The number of benzene rings is 1. The van der Waals surface area contributed by atoms with E-state index in [0.717, 1.165) is 10.9 Å². The molecule has 4 atom stereocenters. The van der Waals surface area contributed by atoms with Crippen LogP contribution in [0, 0.1) is 23.7 Å². The number of anilines is 1. The normalized spacial score (nSPS) is 34.2. The topological polar surface area (TPSA) is 37.4 Å². The van der Waals surface area contributed by atoms with Crippen molar-refractivity contribution in [3.8, 4) is 0 Å². The fourth-order valence-corrected chi connectivity index (χ4v) is 4.20. The molecule has 1 aliphatic heterocycles. The lowest BCUT2D eigenvalue weighted by molar-refractivity contribution is -0.123. The van der Waals surface area contributed by atoms with E-state index in [4.69, 9.17) is 11.6 Å². The van der Waals surface area contributed by atoms with E-state index in [1.807, 2.05) is 0 Å². The Bertz CT molecular complexity index is 642. The molecule has 0 unspecified atom stereocenters. The molecule has 2 bridgehead atoms.